The maximum Gasteiger partial charge on any atom is 0.327 e. The lowest BCUT2D eigenvalue weighted by atomic mass is 10.0. The lowest BCUT2D eigenvalue weighted by Crippen LogP contribution is -2.47. The average molecular weight is 410 g/mol. The van der Waals surface area contributed by atoms with Crippen LogP contribution in [0, 0.1) is 5.92 Å². The monoisotopic (exact) mass is 409 g/mol. The Hall–Kier alpha value is -2.06. The molecule has 0 aliphatic carbocycles. The highest BCUT2D eigenvalue weighted by atomic mass is 32.2. The van der Waals surface area contributed by atoms with Gasteiger partial charge in [0, 0.05) is 5.56 Å². The molecule has 0 saturated carbocycles. The predicted octanol–water partition coefficient (Wildman–Crippen LogP) is 3.79. The molecular weight excluding hydrogens is 386 g/mol. The molecule has 1 aliphatic rings. The van der Waals surface area contributed by atoms with E-state index in [-0.39, 0.29) is 10.2 Å². The van der Waals surface area contributed by atoms with Gasteiger partial charge in [0.1, 0.15) is 10.4 Å². The van der Waals surface area contributed by atoms with Gasteiger partial charge in [0.2, 0.25) is 0 Å². The van der Waals surface area contributed by atoms with E-state index in [0.717, 1.165) is 18.2 Å². The summed E-state index contributed by atoms with van der Waals surface area (Å²) in [7, 11) is 1.55. The Morgan fingerprint density at radius 3 is 2.67 bits per heavy atom. The van der Waals surface area contributed by atoms with Gasteiger partial charge in [-0.3, -0.25) is 9.69 Å². The Balaban J connectivity index is 2.42. The summed E-state index contributed by atoms with van der Waals surface area (Å²) >= 11 is 6.38. The highest BCUT2D eigenvalue weighted by molar-refractivity contribution is 8.26. The summed E-state index contributed by atoms with van der Waals surface area (Å²) in [6.45, 7) is 6.01. The fourth-order valence-electron chi connectivity index (χ4n) is 2.72. The van der Waals surface area contributed by atoms with Crippen LogP contribution < -0.4 is 9.47 Å². The van der Waals surface area contributed by atoms with E-state index >= 15 is 0 Å². The van der Waals surface area contributed by atoms with E-state index in [1.807, 2.05) is 13.0 Å². The van der Waals surface area contributed by atoms with Crippen LogP contribution in [-0.4, -0.2) is 46.0 Å². The first-order chi connectivity index (χ1) is 12.8. The zero-order valence-corrected chi connectivity index (χ0v) is 17.4. The standard InChI is InChI=1S/C19H23NO5S2/c1-5-9-25-16-12(7-6-8-13(16)24-4)10-14-17(21)20(19(26)27-14)15(11(2)3)18(22)23/h6-8,10-11,15H,5,9H2,1-4H3,(H,22,23)/b14-10-/t15-/m0/s1. The minimum absolute atomic E-state index is 0.242. The Kier molecular flexibility index (Phi) is 7.26. The lowest BCUT2D eigenvalue weighted by molar-refractivity contribution is -0.146. The minimum Gasteiger partial charge on any atom is -0.493 e. The quantitative estimate of drug-likeness (QED) is 0.517. The van der Waals surface area contributed by atoms with Crippen LogP contribution in [-0.2, 0) is 9.59 Å². The molecule has 0 aromatic heterocycles. The normalized spacial score (nSPS) is 16.9. The topological polar surface area (TPSA) is 76.1 Å². The van der Waals surface area contributed by atoms with Gasteiger partial charge in [-0.2, -0.15) is 0 Å². The third-order valence-corrected chi connectivity index (χ3v) is 5.28. The Morgan fingerprint density at radius 1 is 1.41 bits per heavy atom. The van der Waals surface area contributed by atoms with Crippen LogP contribution in [0.3, 0.4) is 0 Å². The zero-order chi connectivity index (χ0) is 20.1. The van der Waals surface area contributed by atoms with Crippen LogP contribution in [0.2, 0.25) is 0 Å². The number of nitrogens with zero attached hydrogens (tertiary/aromatic N) is 1. The van der Waals surface area contributed by atoms with Crippen molar-refractivity contribution in [2.24, 2.45) is 5.92 Å². The molecule has 6 nitrogen and oxygen atoms in total. The third kappa shape index (κ3) is 4.62. The van der Waals surface area contributed by atoms with Crippen molar-refractivity contribution in [3.63, 3.8) is 0 Å². The summed E-state index contributed by atoms with van der Waals surface area (Å²) in [6.07, 6.45) is 2.50. The van der Waals surface area contributed by atoms with Gasteiger partial charge >= 0.3 is 5.97 Å². The van der Waals surface area contributed by atoms with E-state index in [0.29, 0.717) is 28.6 Å². The van der Waals surface area contributed by atoms with Gasteiger partial charge in [-0.25, -0.2) is 4.79 Å². The summed E-state index contributed by atoms with van der Waals surface area (Å²) in [4.78, 5) is 26.0. The van der Waals surface area contributed by atoms with Gasteiger partial charge in [0.15, 0.2) is 11.5 Å². The molecule has 8 heteroatoms. The number of carboxylic acids is 1. The molecule has 1 fully saturated rings. The fraction of sp³-hybridized carbons (Fsp3) is 0.421. The van der Waals surface area contributed by atoms with Gasteiger partial charge in [0.05, 0.1) is 18.6 Å². The van der Waals surface area contributed by atoms with Crippen molar-refractivity contribution in [1.82, 2.24) is 4.90 Å². The second kappa shape index (κ2) is 9.23. The molecule has 1 aromatic carbocycles. The number of carbonyl (C=O) groups excluding carboxylic acids is 1. The number of amides is 1. The van der Waals surface area contributed by atoms with Crippen LogP contribution in [0.1, 0.15) is 32.8 Å². The van der Waals surface area contributed by atoms with Gasteiger partial charge < -0.3 is 14.6 Å². The Labute approximate surface area is 168 Å². The molecule has 0 bridgehead atoms. The largest absolute Gasteiger partial charge is 0.493 e. The number of aliphatic carboxylic acids is 1. The van der Waals surface area contributed by atoms with Gasteiger partial charge in [0.25, 0.3) is 5.91 Å². The predicted molar refractivity (Wildman–Crippen MR) is 110 cm³/mol. The molecule has 0 spiro atoms. The molecule has 1 aromatic rings. The van der Waals surface area contributed by atoms with Crippen molar-refractivity contribution in [3.05, 3.63) is 28.7 Å². The smallest absolute Gasteiger partial charge is 0.327 e. The van der Waals surface area contributed by atoms with Crippen molar-refractivity contribution in [3.8, 4) is 11.5 Å². The van der Waals surface area contributed by atoms with Gasteiger partial charge in [-0.05, 0) is 24.5 Å². The van der Waals surface area contributed by atoms with E-state index in [2.05, 4.69) is 0 Å². The number of ether oxygens (including phenoxy) is 2. The number of rotatable bonds is 8. The van der Waals surface area contributed by atoms with Crippen molar-refractivity contribution >= 4 is 46.3 Å². The van der Waals surface area contributed by atoms with Crippen molar-refractivity contribution in [2.75, 3.05) is 13.7 Å². The third-order valence-electron chi connectivity index (χ3n) is 3.95. The summed E-state index contributed by atoms with van der Waals surface area (Å²) in [5, 5.41) is 9.51. The molecule has 0 unspecified atom stereocenters. The molecule has 1 atom stereocenters. The van der Waals surface area contributed by atoms with E-state index in [4.69, 9.17) is 21.7 Å². The molecule has 2 rings (SSSR count). The number of hydrogen-bond donors (Lipinski definition) is 1. The van der Waals surface area contributed by atoms with Crippen molar-refractivity contribution < 1.29 is 24.2 Å². The number of para-hydroxylation sites is 1. The maximum atomic E-state index is 12.9. The molecule has 1 saturated heterocycles. The molecule has 1 aliphatic heterocycles. The first kappa shape index (κ1) is 21.2. The Morgan fingerprint density at radius 2 is 2.11 bits per heavy atom. The molecule has 27 heavy (non-hydrogen) atoms. The molecule has 146 valence electrons. The SMILES string of the molecule is CCCOc1c(/C=C2\SC(=S)N([C@H](C(=O)O)C(C)C)C2=O)cccc1OC. The number of hydrogen-bond acceptors (Lipinski definition) is 6. The van der Waals surface area contributed by atoms with Crippen LogP contribution >= 0.6 is 24.0 Å². The van der Waals surface area contributed by atoms with E-state index < -0.39 is 17.9 Å². The summed E-state index contributed by atoms with van der Waals surface area (Å²) in [6, 6.07) is 4.41. The van der Waals surface area contributed by atoms with Crippen molar-refractivity contribution in [1.29, 1.82) is 0 Å². The Bertz CT molecular complexity index is 775. The highest BCUT2D eigenvalue weighted by Gasteiger charge is 2.42. The van der Waals surface area contributed by atoms with Crippen molar-refractivity contribution in [2.45, 2.75) is 33.2 Å². The number of carbonyl (C=O) groups is 2. The fourth-order valence-corrected chi connectivity index (χ4v) is 4.04. The van der Waals surface area contributed by atoms with Crippen LogP contribution in [0.15, 0.2) is 23.1 Å². The number of benzene rings is 1. The van der Waals surface area contributed by atoms with Crippen LogP contribution in [0.25, 0.3) is 6.08 Å². The summed E-state index contributed by atoms with van der Waals surface area (Å²) < 4.78 is 11.4. The van der Waals surface area contributed by atoms with E-state index in [1.54, 1.807) is 39.2 Å². The molecule has 1 amide bonds. The molecule has 0 radical (unpaired) electrons. The zero-order valence-electron chi connectivity index (χ0n) is 15.7. The maximum absolute atomic E-state index is 12.9. The second-order valence-electron chi connectivity index (χ2n) is 6.31. The van der Waals surface area contributed by atoms with Crippen LogP contribution in [0.5, 0.6) is 11.5 Å². The molecular formula is C19H23NO5S2. The van der Waals surface area contributed by atoms with Gasteiger partial charge in [-0.15, -0.1) is 0 Å². The highest BCUT2D eigenvalue weighted by Crippen LogP contribution is 2.39. The number of thioether (sulfide) groups is 1. The van der Waals surface area contributed by atoms with E-state index in [1.165, 1.54) is 4.90 Å². The number of methoxy groups -OCH3 is 1. The second-order valence-corrected chi connectivity index (χ2v) is 7.98. The molecule has 1 N–H and O–H groups in total. The minimum atomic E-state index is -1.07. The first-order valence-electron chi connectivity index (χ1n) is 8.61. The average Bonchev–Trinajstić information content (AvgIpc) is 2.87. The van der Waals surface area contributed by atoms with E-state index in [9.17, 15) is 14.7 Å². The number of thiocarbonyl (C=S) groups is 1. The number of carboxylic acid groups (broad SMARTS) is 1. The molecule has 1 heterocycles. The summed E-state index contributed by atoms with van der Waals surface area (Å²) in [5.74, 6) is -0.639. The van der Waals surface area contributed by atoms with Crippen LogP contribution in [0.4, 0.5) is 0 Å². The summed E-state index contributed by atoms with van der Waals surface area (Å²) in [5.41, 5.74) is 0.680. The first-order valence-corrected chi connectivity index (χ1v) is 9.83. The van der Waals surface area contributed by atoms with Gasteiger partial charge in [-0.1, -0.05) is 56.9 Å². The lowest BCUT2D eigenvalue weighted by Gasteiger charge is -2.26.